The number of aliphatic hydroxyl groups excluding tert-OH is 1. The third kappa shape index (κ3) is 4.45. The first-order valence-electron chi connectivity index (χ1n) is 5.87. The molecule has 0 atom stereocenters. The van der Waals surface area contributed by atoms with Crippen LogP contribution < -0.4 is 5.32 Å². The monoisotopic (exact) mass is 245 g/mol. The molecule has 0 spiro atoms. The van der Waals surface area contributed by atoms with Gasteiger partial charge in [0.1, 0.15) is 5.76 Å². The maximum atomic E-state index is 11.2. The third-order valence-corrected chi connectivity index (χ3v) is 2.79. The molecule has 0 aliphatic heterocycles. The summed E-state index contributed by atoms with van der Waals surface area (Å²) in [5, 5.41) is 11.6. The van der Waals surface area contributed by atoms with Crippen LogP contribution in [0.1, 0.15) is 19.3 Å². The summed E-state index contributed by atoms with van der Waals surface area (Å²) in [6.45, 7) is 7.31. The molecule has 0 aromatic carbocycles. The molecule has 1 aliphatic rings. The zero-order chi connectivity index (χ0) is 13.5. The van der Waals surface area contributed by atoms with Crippen molar-refractivity contribution in [3.8, 4) is 0 Å². The summed E-state index contributed by atoms with van der Waals surface area (Å²) in [4.78, 5) is 11.2. The van der Waals surface area contributed by atoms with E-state index >= 15 is 0 Å². The fourth-order valence-corrected chi connectivity index (χ4v) is 1.69. The molecule has 1 aliphatic carbocycles. The predicted octanol–water partition coefficient (Wildman–Crippen LogP) is 2.95. The molecule has 1 amide bonds. The normalized spacial score (nSPS) is 14.9. The molecule has 18 heavy (non-hydrogen) atoms. The number of nitrogens with one attached hydrogen (secondary N) is 1. The average Bonchev–Trinajstić information content (AvgIpc) is 2.36. The van der Waals surface area contributed by atoms with E-state index in [2.05, 4.69) is 18.5 Å². The van der Waals surface area contributed by atoms with Crippen molar-refractivity contribution < 1.29 is 9.90 Å². The van der Waals surface area contributed by atoms with Gasteiger partial charge in [0.15, 0.2) is 0 Å². The Morgan fingerprint density at radius 1 is 1.39 bits per heavy atom. The topological polar surface area (TPSA) is 49.3 Å². The lowest BCUT2D eigenvalue weighted by Gasteiger charge is -2.14. The van der Waals surface area contributed by atoms with Crippen LogP contribution in [0.5, 0.6) is 0 Å². The van der Waals surface area contributed by atoms with Crippen LogP contribution in [0.3, 0.4) is 0 Å². The summed E-state index contributed by atoms with van der Waals surface area (Å²) in [6.07, 6.45) is 9.40. The Labute approximate surface area is 108 Å². The molecule has 2 N–H and O–H groups in total. The van der Waals surface area contributed by atoms with Crippen molar-refractivity contribution in [3.63, 3.8) is 0 Å². The molecular formula is C15H19NO2. The Balaban J connectivity index is 2.64. The van der Waals surface area contributed by atoms with Crippen molar-refractivity contribution in [3.05, 3.63) is 59.9 Å². The number of carbonyl (C=O) groups excluding carboxylic acids is 1. The van der Waals surface area contributed by atoms with Gasteiger partial charge in [-0.05, 0) is 30.1 Å². The van der Waals surface area contributed by atoms with Crippen molar-refractivity contribution in [2.75, 3.05) is 7.05 Å². The van der Waals surface area contributed by atoms with E-state index in [9.17, 15) is 4.79 Å². The Bertz CT molecular complexity index is 453. The van der Waals surface area contributed by atoms with E-state index in [4.69, 9.17) is 5.11 Å². The van der Waals surface area contributed by atoms with E-state index < -0.39 is 0 Å². The zero-order valence-electron chi connectivity index (χ0n) is 10.7. The summed E-state index contributed by atoms with van der Waals surface area (Å²) >= 11 is 0. The summed E-state index contributed by atoms with van der Waals surface area (Å²) < 4.78 is 0. The molecule has 0 unspecified atom stereocenters. The summed E-state index contributed by atoms with van der Waals surface area (Å²) in [5.74, 6) is 0.0526. The Morgan fingerprint density at radius 3 is 2.61 bits per heavy atom. The standard InChI is InChI=1S/C15H19NO2/c1-11(4-5-12(2)17)14-8-6-13(7-9-14)10-15(18)16-3/h4-6,8,17H,1-2,7,9-10H2,3H3,(H,16,18)/b5-4-. The Morgan fingerprint density at radius 2 is 2.11 bits per heavy atom. The molecule has 0 bridgehead atoms. The Kier molecular flexibility index (Phi) is 5.18. The lowest BCUT2D eigenvalue weighted by molar-refractivity contribution is -0.119. The highest BCUT2D eigenvalue weighted by molar-refractivity contribution is 5.78. The number of carbonyl (C=O) groups is 1. The van der Waals surface area contributed by atoms with Gasteiger partial charge in [0.05, 0.1) is 0 Å². The minimum absolute atomic E-state index is 0.0170. The van der Waals surface area contributed by atoms with Gasteiger partial charge in [0.25, 0.3) is 0 Å². The van der Waals surface area contributed by atoms with Crippen LogP contribution in [0.4, 0.5) is 0 Å². The SMILES string of the molecule is C=C(O)/C=C\C(=C)C1=CC=C(CC(=O)NC)CC1. The lowest BCUT2D eigenvalue weighted by Crippen LogP contribution is -2.18. The number of hydrogen-bond donors (Lipinski definition) is 2. The quantitative estimate of drug-likeness (QED) is 0.578. The van der Waals surface area contributed by atoms with Crippen molar-refractivity contribution in [1.82, 2.24) is 5.32 Å². The molecule has 1 rings (SSSR count). The maximum absolute atomic E-state index is 11.2. The van der Waals surface area contributed by atoms with Crippen LogP contribution in [-0.2, 0) is 4.79 Å². The molecule has 0 radical (unpaired) electrons. The van der Waals surface area contributed by atoms with Crippen LogP contribution in [-0.4, -0.2) is 18.1 Å². The van der Waals surface area contributed by atoms with Crippen molar-refractivity contribution >= 4 is 5.91 Å². The first-order chi connectivity index (χ1) is 8.52. The zero-order valence-corrected chi connectivity index (χ0v) is 10.7. The Hall–Kier alpha value is -2.03. The van der Waals surface area contributed by atoms with Gasteiger partial charge in [-0.1, -0.05) is 37.0 Å². The van der Waals surface area contributed by atoms with Crippen LogP contribution in [0.15, 0.2) is 59.9 Å². The van der Waals surface area contributed by atoms with Gasteiger partial charge >= 0.3 is 0 Å². The second-order valence-corrected chi connectivity index (χ2v) is 4.22. The van der Waals surface area contributed by atoms with E-state index in [0.29, 0.717) is 6.42 Å². The van der Waals surface area contributed by atoms with Gasteiger partial charge in [-0.3, -0.25) is 4.79 Å². The van der Waals surface area contributed by atoms with Crippen molar-refractivity contribution in [2.24, 2.45) is 0 Å². The first kappa shape index (κ1) is 14.0. The van der Waals surface area contributed by atoms with E-state index in [0.717, 1.165) is 29.6 Å². The highest BCUT2D eigenvalue weighted by Gasteiger charge is 2.10. The molecular weight excluding hydrogens is 226 g/mol. The largest absolute Gasteiger partial charge is 0.509 e. The van der Waals surface area contributed by atoms with Gasteiger partial charge in [-0.2, -0.15) is 0 Å². The first-order valence-corrected chi connectivity index (χ1v) is 5.87. The minimum Gasteiger partial charge on any atom is -0.509 e. The summed E-state index contributed by atoms with van der Waals surface area (Å²) in [6, 6.07) is 0. The van der Waals surface area contributed by atoms with Crippen LogP contribution in [0.25, 0.3) is 0 Å². The molecule has 0 aromatic rings. The van der Waals surface area contributed by atoms with Crippen LogP contribution in [0.2, 0.25) is 0 Å². The highest BCUT2D eigenvalue weighted by atomic mass is 16.3. The summed E-state index contributed by atoms with van der Waals surface area (Å²) in [7, 11) is 1.64. The number of rotatable bonds is 5. The van der Waals surface area contributed by atoms with Gasteiger partial charge in [-0.15, -0.1) is 0 Å². The third-order valence-electron chi connectivity index (χ3n) is 2.79. The molecule has 0 heterocycles. The molecule has 3 heteroatoms. The number of hydrogen-bond acceptors (Lipinski definition) is 2. The fourth-order valence-electron chi connectivity index (χ4n) is 1.69. The second-order valence-electron chi connectivity index (χ2n) is 4.22. The average molecular weight is 245 g/mol. The number of aliphatic hydroxyl groups is 1. The van der Waals surface area contributed by atoms with Crippen LogP contribution in [0, 0.1) is 0 Å². The molecule has 3 nitrogen and oxygen atoms in total. The maximum Gasteiger partial charge on any atom is 0.223 e. The predicted molar refractivity (Wildman–Crippen MR) is 74.1 cm³/mol. The van der Waals surface area contributed by atoms with Crippen molar-refractivity contribution in [2.45, 2.75) is 19.3 Å². The second kappa shape index (κ2) is 6.64. The molecule has 0 fully saturated rings. The van der Waals surface area contributed by atoms with Crippen molar-refractivity contribution in [1.29, 1.82) is 0 Å². The minimum atomic E-state index is 0.0170. The van der Waals surface area contributed by atoms with Gasteiger partial charge in [0, 0.05) is 13.5 Å². The van der Waals surface area contributed by atoms with E-state index in [1.807, 2.05) is 12.2 Å². The molecule has 96 valence electrons. The molecule has 0 saturated heterocycles. The molecule has 0 saturated carbocycles. The highest BCUT2D eigenvalue weighted by Crippen LogP contribution is 2.25. The van der Waals surface area contributed by atoms with E-state index in [1.54, 1.807) is 13.1 Å². The smallest absolute Gasteiger partial charge is 0.223 e. The van der Waals surface area contributed by atoms with E-state index in [1.165, 1.54) is 6.08 Å². The fraction of sp³-hybridized carbons (Fsp3) is 0.267. The van der Waals surface area contributed by atoms with Crippen LogP contribution >= 0.6 is 0 Å². The number of amides is 1. The lowest BCUT2D eigenvalue weighted by atomic mass is 9.92. The summed E-state index contributed by atoms with van der Waals surface area (Å²) in [5.41, 5.74) is 3.11. The van der Waals surface area contributed by atoms with E-state index in [-0.39, 0.29) is 11.7 Å². The molecule has 0 aromatic heterocycles. The number of allylic oxidation sites excluding steroid dienone is 6. The van der Waals surface area contributed by atoms with Gasteiger partial charge in [0.2, 0.25) is 5.91 Å². The van der Waals surface area contributed by atoms with Gasteiger partial charge < -0.3 is 10.4 Å². The van der Waals surface area contributed by atoms with Gasteiger partial charge in [-0.25, -0.2) is 0 Å².